The number of carbonyl (C=O) groups excluding carboxylic acids is 1. The lowest BCUT2D eigenvalue weighted by Gasteiger charge is -2.24. The number of hydrogen-bond donors (Lipinski definition) is 1. The smallest absolute Gasteiger partial charge is 0.274 e. The summed E-state index contributed by atoms with van der Waals surface area (Å²) in [7, 11) is 0. The Morgan fingerprint density at radius 3 is 2.91 bits per heavy atom. The van der Waals surface area contributed by atoms with Crippen molar-refractivity contribution in [2.24, 2.45) is 0 Å². The number of hydrogen-bond acceptors (Lipinski definition) is 2. The molecule has 1 aliphatic heterocycles. The highest BCUT2D eigenvalue weighted by molar-refractivity contribution is 5.92. The summed E-state index contributed by atoms with van der Waals surface area (Å²) in [6.07, 6.45) is 5.12. The van der Waals surface area contributed by atoms with Gasteiger partial charge < -0.3 is 4.90 Å². The maximum atomic E-state index is 12.6. The first-order valence-corrected chi connectivity index (χ1v) is 8.17. The largest absolute Gasteiger partial charge is 0.334 e. The van der Waals surface area contributed by atoms with Gasteiger partial charge in [0.1, 0.15) is 5.69 Å². The van der Waals surface area contributed by atoms with Crippen molar-refractivity contribution >= 4 is 5.91 Å². The lowest BCUT2D eigenvalue weighted by atomic mass is 10.0. The number of likely N-dealkylation sites (tertiary alicyclic amines) is 1. The Morgan fingerprint density at radius 2 is 2.18 bits per heavy atom. The van der Waals surface area contributed by atoms with Gasteiger partial charge in [0.15, 0.2) is 0 Å². The number of nitrogens with zero attached hydrogens (tertiary/aromatic N) is 2. The van der Waals surface area contributed by atoms with Crippen LogP contribution in [-0.4, -0.2) is 33.6 Å². The van der Waals surface area contributed by atoms with E-state index in [1.54, 1.807) is 0 Å². The minimum atomic E-state index is 0.0755. The number of aromatic amines is 1. The number of H-pyrrole nitrogens is 1. The van der Waals surface area contributed by atoms with Crippen molar-refractivity contribution in [2.45, 2.75) is 45.1 Å². The summed E-state index contributed by atoms with van der Waals surface area (Å²) in [6, 6.07) is 12.7. The second kappa shape index (κ2) is 6.77. The summed E-state index contributed by atoms with van der Waals surface area (Å²) >= 11 is 0. The molecule has 3 rings (SSSR count). The maximum absolute atomic E-state index is 12.6. The highest BCUT2D eigenvalue weighted by Gasteiger charge is 2.30. The molecule has 0 spiro atoms. The van der Waals surface area contributed by atoms with E-state index in [4.69, 9.17) is 0 Å². The van der Waals surface area contributed by atoms with E-state index in [9.17, 15) is 4.79 Å². The van der Waals surface area contributed by atoms with Crippen LogP contribution in [0.4, 0.5) is 0 Å². The van der Waals surface area contributed by atoms with Crippen LogP contribution in [0.25, 0.3) is 0 Å². The summed E-state index contributed by atoms with van der Waals surface area (Å²) in [5.41, 5.74) is 2.92. The van der Waals surface area contributed by atoms with Crippen LogP contribution in [0.5, 0.6) is 0 Å². The molecule has 4 nitrogen and oxygen atoms in total. The number of aryl methyl sites for hydroxylation is 2. The third-order valence-electron chi connectivity index (χ3n) is 4.48. The molecule has 0 aliphatic carbocycles. The Morgan fingerprint density at radius 1 is 1.36 bits per heavy atom. The minimum Gasteiger partial charge on any atom is -0.334 e. The van der Waals surface area contributed by atoms with Crippen molar-refractivity contribution in [3.8, 4) is 0 Å². The zero-order valence-electron chi connectivity index (χ0n) is 13.1. The normalized spacial score (nSPS) is 17.9. The van der Waals surface area contributed by atoms with Gasteiger partial charge in [0.25, 0.3) is 5.91 Å². The van der Waals surface area contributed by atoms with E-state index in [2.05, 4.69) is 41.4 Å². The van der Waals surface area contributed by atoms with Gasteiger partial charge in [0, 0.05) is 18.3 Å². The molecular weight excluding hydrogens is 274 g/mol. The van der Waals surface area contributed by atoms with Gasteiger partial charge in [0.2, 0.25) is 0 Å². The fourth-order valence-electron chi connectivity index (χ4n) is 3.18. The summed E-state index contributed by atoms with van der Waals surface area (Å²) in [5.74, 6) is 0.0755. The van der Waals surface area contributed by atoms with Crippen LogP contribution in [0.15, 0.2) is 36.4 Å². The molecule has 1 aromatic heterocycles. The molecule has 1 aliphatic rings. The predicted octanol–water partition coefficient (Wildman–Crippen LogP) is 3.21. The van der Waals surface area contributed by atoms with Gasteiger partial charge in [0.05, 0.1) is 0 Å². The minimum absolute atomic E-state index is 0.0755. The highest BCUT2D eigenvalue weighted by atomic mass is 16.2. The number of nitrogens with one attached hydrogen (secondary N) is 1. The van der Waals surface area contributed by atoms with Crippen molar-refractivity contribution < 1.29 is 4.79 Å². The fourth-order valence-corrected chi connectivity index (χ4v) is 3.18. The lowest BCUT2D eigenvalue weighted by Crippen LogP contribution is -2.36. The lowest BCUT2D eigenvalue weighted by molar-refractivity contribution is 0.0724. The van der Waals surface area contributed by atoms with Crippen molar-refractivity contribution in [2.75, 3.05) is 6.54 Å². The Bertz CT molecular complexity index is 620. The average molecular weight is 297 g/mol. The fraction of sp³-hybridized carbons (Fsp3) is 0.444. The van der Waals surface area contributed by atoms with Gasteiger partial charge >= 0.3 is 0 Å². The second-order valence-electron chi connectivity index (χ2n) is 5.95. The third kappa shape index (κ3) is 3.21. The number of rotatable bonds is 5. The first-order chi connectivity index (χ1) is 10.8. The van der Waals surface area contributed by atoms with Crippen LogP contribution in [0, 0.1) is 0 Å². The van der Waals surface area contributed by atoms with E-state index in [1.807, 2.05) is 17.0 Å². The molecule has 4 heteroatoms. The molecule has 116 valence electrons. The van der Waals surface area contributed by atoms with Gasteiger partial charge in [-0.25, -0.2) is 0 Å². The van der Waals surface area contributed by atoms with E-state index >= 15 is 0 Å². The molecule has 1 atom stereocenters. The van der Waals surface area contributed by atoms with Crippen molar-refractivity contribution in [3.05, 3.63) is 53.3 Å². The number of benzene rings is 1. The van der Waals surface area contributed by atoms with E-state index in [0.29, 0.717) is 11.7 Å². The van der Waals surface area contributed by atoms with Crippen LogP contribution >= 0.6 is 0 Å². The molecule has 1 aromatic carbocycles. The van der Waals surface area contributed by atoms with Crippen LogP contribution in [0.2, 0.25) is 0 Å². The molecule has 1 amide bonds. The van der Waals surface area contributed by atoms with Crippen molar-refractivity contribution in [1.29, 1.82) is 0 Å². The standard InChI is InChI=1S/C18H23N3O/c1-2-15-13-17(20-19-15)18(22)21-12-6-9-16(21)11-10-14-7-4-3-5-8-14/h3-5,7-8,13,16H,2,6,9-12H2,1H3,(H,19,20). The number of amides is 1. The predicted molar refractivity (Wildman–Crippen MR) is 86.8 cm³/mol. The average Bonchev–Trinajstić information content (AvgIpc) is 3.22. The van der Waals surface area contributed by atoms with Gasteiger partial charge in [-0.05, 0) is 43.7 Å². The molecule has 1 unspecified atom stereocenters. The van der Waals surface area contributed by atoms with Gasteiger partial charge in [-0.3, -0.25) is 9.89 Å². The molecule has 0 saturated carbocycles. The van der Waals surface area contributed by atoms with Crippen molar-refractivity contribution in [1.82, 2.24) is 15.1 Å². The summed E-state index contributed by atoms with van der Waals surface area (Å²) < 4.78 is 0. The summed E-state index contributed by atoms with van der Waals surface area (Å²) in [6.45, 7) is 2.91. The van der Waals surface area contributed by atoms with Crippen LogP contribution in [0.3, 0.4) is 0 Å². The molecule has 1 N–H and O–H groups in total. The second-order valence-corrected chi connectivity index (χ2v) is 5.95. The number of aromatic nitrogens is 2. The van der Waals surface area contributed by atoms with Crippen LogP contribution in [-0.2, 0) is 12.8 Å². The molecule has 22 heavy (non-hydrogen) atoms. The van der Waals surface area contributed by atoms with Gasteiger partial charge in [-0.15, -0.1) is 0 Å². The molecule has 2 heterocycles. The van der Waals surface area contributed by atoms with Crippen molar-refractivity contribution in [3.63, 3.8) is 0 Å². The SMILES string of the molecule is CCc1cc(C(=O)N2CCCC2CCc2ccccc2)n[nH]1. The summed E-state index contributed by atoms with van der Waals surface area (Å²) in [5, 5.41) is 7.10. The van der Waals surface area contributed by atoms with E-state index in [0.717, 1.165) is 44.3 Å². The van der Waals surface area contributed by atoms with Crippen LogP contribution in [0.1, 0.15) is 47.9 Å². The molecule has 0 radical (unpaired) electrons. The third-order valence-corrected chi connectivity index (χ3v) is 4.48. The molecule has 1 saturated heterocycles. The molecule has 1 fully saturated rings. The molecule has 0 bridgehead atoms. The Hall–Kier alpha value is -2.10. The zero-order valence-corrected chi connectivity index (χ0v) is 13.1. The van der Waals surface area contributed by atoms with Gasteiger partial charge in [-0.1, -0.05) is 37.3 Å². The monoisotopic (exact) mass is 297 g/mol. The van der Waals surface area contributed by atoms with E-state index in [-0.39, 0.29) is 5.91 Å². The zero-order chi connectivity index (χ0) is 15.4. The quantitative estimate of drug-likeness (QED) is 0.921. The summed E-state index contributed by atoms with van der Waals surface area (Å²) in [4.78, 5) is 14.7. The Balaban J connectivity index is 1.63. The highest BCUT2D eigenvalue weighted by Crippen LogP contribution is 2.23. The first kappa shape index (κ1) is 14.8. The van der Waals surface area contributed by atoms with Gasteiger partial charge in [-0.2, -0.15) is 5.10 Å². The number of carbonyl (C=O) groups is 1. The van der Waals surface area contributed by atoms with E-state index < -0.39 is 0 Å². The Kier molecular flexibility index (Phi) is 4.56. The Labute approximate surface area is 131 Å². The maximum Gasteiger partial charge on any atom is 0.274 e. The first-order valence-electron chi connectivity index (χ1n) is 8.17. The molecule has 2 aromatic rings. The molecular formula is C18H23N3O. The topological polar surface area (TPSA) is 49.0 Å². The van der Waals surface area contributed by atoms with E-state index in [1.165, 1.54) is 5.56 Å². The van der Waals surface area contributed by atoms with Crippen LogP contribution < -0.4 is 0 Å².